The van der Waals surface area contributed by atoms with Crippen LogP contribution < -0.4 is 27.4 Å². The minimum Gasteiger partial charge on any atom is -0.508 e. The van der Waals surface area contributed by atoms with Crippen LogP contribution in [0.2, 0.25) is 0 Å². The van der Waals surface area contributed by atoms with E-state index in [1.165, 1.54) is 31.2 Å². The smallest absolute Gasteiger partial charge is 0.327 e. The molecule has 0 saturated carbocycles. The second-order valence-corrected chi connectivity index (χ2v) is 7.72. The number of aromatic hydroxyl groups is 1. The van der Waals surface area contributed by atoms with E-state index in [0.29, 0.717) is 5.56 Å². The van der Waals surface area contributed by atoms with Crippen molar-refractivity contribution in [2.24, 2.45) is 11.5 Å². The van der Waals surface area contributed by atoms with E-state index in [4.69, 9.17) is 16.6 Å². The fourth-order valence-corrected chi connectivity index (χ4v) is 2.89. The van der Waals surface area contributed by atoms with Gasteiger partial charge in [-0.3, -0.25) is 19.2 Å². The molecule has 0 fully saturated rings. The zero-order valence-corrected chi connectivity index (χ0v) is 18.9. The predicted molar refractivity (Wildman–Crippen MR) is 121 cm³/mol. The number of carbonyl (C=O) groups excluding carboxylic acids is 4. The largest absolute Gasteiger partial charge is 0.508 e. The molecule has 4 atom stereocenters. The molecule has 4 amide bonds. The predicted octanol–water partition coefficient (Wildman–Crippen LogP) is -1.98. The summed E-state index contributed by atoms with van der Waals surface area (Å²) in [4.78, 5) is 59.5. The van der Waals surface area contributed by atoms with Gasteiger partial charge in [0.2, 0.25) is 23.6 Å². The maximum atomic E-state index is 12.7. The molecular weight excluding hydrogens is 454 g/mol. The van der Waals surface area contributed by atoms with Gasteiger partial charge < -0.3 is 37.6 Å². The van der Waals surface area contributed by atoms with Crippen LogP contribution in [0.1, 0.15) is 25.3 Å². The highest BCUT2D eigenvalue weighted by Gasteiger charge is 2.28. The molecule has 0 spiro atoms. The van der Waals surface area contributed by atoms with Crippen molar-refractivity contribution >= 4 is 42.2 Å². The Balaban J connectivity index is 2.89. The fourth-order valence-electron chi connectivity index (χ4n) is 2.65. The summed E-state index contributed by atoms with van der Waals surface area (Å²) in [6, 6.07) is 1.26. The first-order valence-corrected chi connectivity index (χ1v) is 10.6. The standard InChI is InChI=1S/C20H29N5O7S/c1-10(23-18(29)13(21)6-7-16(22)27)17(28)24-14(8-11-2-4-12(26)5-3-11)19(30)25-15(9-33)20(31)32/h2-5,10,13-15,26,33H,6-9,21H2,1H3,(H2,22,27)(H,23,29)(H,24,28)(H,25,30)(H,31,32). The van der Waals surface area contributed by atoms with Crippen molar-refractivity contribution in [2.45, 2.75) is 50.4 Å². The van der Waals surface area contributed by atoms with Crippen LogP contribution in [0.5, 0.6) is 5.75 Å². The zero-order chi connectivity index (χ0) is 25.1. The minimum atomic E-state index is -1.29. The number of carboxylic acid groups (broad SMARTS) is 1. The van der Waals surface area contributed by atoms with Gasteiger partial charge in [0.15, 0.2) is 0 Å². The molecule has 33 heavy (non-hydrogen) atoms. The number of benzene rings is 1. The van der Waals surface area contributed by atoms with Gasteiger partial charge in [-0.05, 0) is 31.0 Å². The van der Waals surface area contributed by atoms with Crippen molar-refractivity contribution in [1.82, 2.24) is 16.0 Å². The molecule has 0 aromatic heterocycles. The summed E-state index contributed by atoms with van der Waals surface area (Å²) in [5, 5.41) is 25.8. The van der Waals surface area contributed by atoms with E-state index >= 15 is 0 Å². The summed E-state index contributed by atoms with van der Waals surface area (Å²) in [5.41, 5.74) is 11.3. The first kappa shape index (κ1) is 27.7. The molecule has 0 heterocycles. The summed E-state index contributed by atoms with van der Waals surface area (Å²) in [7, 11) is 0. The van der Waals surface area contributed by atoms with Gasteiger partial charge in [-0.15, -0.1) is 0 Å². The minimum absolute atomic E-state index is 0.00168. The van der Waals surface area contributed by atoms with E-state index in [1.807, 2.05) is 0 Å². The highest BCUT2D eigenvalue weighted by Crippen LogP contribution is 2.12. The number of primary amides is 1. The van der Waals surface area contributed by atoms with E-state index in [1.54, 1.807) is 0 Å². The Morgan fingerprint density at radius 3 is 2.06 bits per heavy atom. The van der Waals surface area contributed by atoms with Crippen molar-refractivity contribution in [2.75, 3.05) is 5.75 Å². The number of nitrogens with one attached hydrogen (secondary N) is 3. The quantitative estimate of drug-likeness (QED) is 0.147. The topological polar surface area (TPSA) is 214 Å². The molecule has 0 aliphatic carbocycles. The van der Waals surface area contributed by atoms with Crippen LogP contribution in [-0.4, -0.2) is 69.7 Å². The first-order valence-electron chi connectivity index (χ1n) is 10.0. The molecule has 12 nitrogen and oxygen atoms in total. The lowest BCUT2D eigenvalue weighted by Crippen LogP contribution is -2.57. The number of carboxylic acids is 1. The third-order valence-electron chi connectivity index (χ3n) is 4.60. The average Bonchev–Trinajstić information content (AvgIpc) is 2.75. The van der Waals surface area contributed by atoms with Crippen molar-refractivity contribution in [3.63, 3.8) is 0 Å². The van der Waals surface area contributed by atoms with Crippen LogP contribution in [0.3, 0.4) is 0 Å². The number of phenols is 1. The highest BCUT2D eigenvalue weighted by molar-refractivity contribution is 7.80. The molecule has 182 valence electrons. The monoisotopic (exact) mass is 483 g/mol. The Kier molecular flexibility index (Phi) is 11.2. The summed E-state index contributed by atoms with van der Waals surface area (Å²) in [6.07, 6.45) is -0.114. The third kappa shape index (κ3) is 9.78. The molecule has 0 aliphatic heterocycles. The molecule has 4 unspecified atom stereocenters. The van der Waals surface area contributed by atoms with Crippen LogP contribution in [0.25, 0.3) is 0 Å². The van der Waals surface area contributed by atoms with Gasteiger partial charge in [-0.2, -0.15) is 12.6 Å². The van der Waals surface area contributed by atoms with Crippen molar-refractivity contribution in [3.05, 3.63) is 29.8 Å². The lowest BCUT2D eigenvalue weighted by molar-refractivity contribution is -0.141. The van der Waals surface area contributed by atoms with Gasteiger partial charge in [-0.25, -0.2) is 4.79 Å². The normalized spacial score (nSPS) is 14.3. The molecule has 1 aromatic carbocycles. The fraction of sp³-hybridized carbons (Fsp3) is 0.450. The Morgan fingerprint density at radius 1 is 0.970 bits per heavy atom. The van der Waals surface area contributed by atoms with E-state index in [0.717, 1.165) is 0 Å². The number of carbonyl (C=O) groups is 5. The number of hydrogen-bond donors (Lipinski definition) is 8. The number of thiol groups is 1. The lowest BCUT2D eigenvalue weighted by atomic mass is 10.0. The van der Waals surface area contributed by atoms with E-state index in [2.05, 4.69) is 28.6 Å². The summed E-state index contributed by atoms with van der Waals surface area (Å²) >= 11 is 3.90. The summed E-state index contributed by atoms with van der Waals surface area (Å²) in [5.74, 6) is -4.24. The molecule has 13 heteroatoms. The van der Waals surface area contributed by atoms with Crippen LogP contribution in [0, 0.1) is 0 Å². The van der Waals surface area contributed by atoms with Crippen LogP contribution in [-0.2, 0) is 30.4 Å². The van der Waals surface area contributed by atoms with Gasteiger partial charge in [0.25, 0.3) is 0 Å². The molecule has 0 radical (unpaired) electrons. The van der Waals surface area contributed by atoms with E-state index in [-0.39, 0.29) is 30.8 Å². The number of amides is 4. The van der Waals surface area contributed by atoms with Crippen molar-refractivity contribution in [1.29, 1.82) is 0 Å². The zero-order valence-electron chi connectivity index (χ0n) is 18.0. The average molecular weight is 484 g/mol. The first-order chi connectivity index (χ1) is 15.4. The molecule has 0 bridgehead atoms. The van der Waals surface area contributed by atoms with Crippen LogP contribution >= 0.6 is 12.6 Å². The SMILES string of the molecule is CC(NC(=O)C(N)CCC(N)=O)C(=O)NC(Cc1ccc(O)cc1)C(=O)NC(CS)C(=O)O. The molecule has 0 saturated heterocycles. The van der Waals surface area contributed by atoms with Gasteiger partial charge in [0.05, 0.1) is 6.04 Å². The van der Waals surface area contributed by atoms with Gasteiger partial charge in [-0.1, -0.05) is 12.1 Å². The summed E-state index contributed by atoms with van der Waals surface area (Å²) in [6.45, 7) is 1.37. The Morgan fingerprint density at radius 2 is 1.55 bits per heavy atom. The van der Waals surface area contributed by atoms with Gasteiger partial charge >= 0.3 is 5.97 Å². The maximum Gasteiger partial charge on any atom is 0.327 e. The van der Waals surface area contributed by atoms with E-state index in [9.17, 15) is 29.1 Å². The Hall–Kier alpha value is -3.32. The number of nitrogens with two attached hydrogens (primary N) is 2. The second kappa shape index (κ2) is 13.3. The maximum absolute atomic E-state index is 12.7. The highest BCUT2D eigenvalue weighted by atomic mass is 32.1. The number of hydrogen-bond acceptors (Lipinski definition) is 8. The number of phenolic OH excluding ortho intramolecular Hbond substituents is 1. The molecule has 1 rings (SSSR count). The second-order valence-electron chi connectivity index (χ2n) is 7.36. The van der Waals surface area contributed by atoms with Gasteiger partial charge in [0, 0.05) is 18.6 Å². The number of aliphatic carboxylic acids is 1. The van der Waals surface area contributed by atoms with Crippen LogP contribution in [0.4, 0.5) is 0 Å². The van der Waals surface area contributed by atoms with Crippen molar-refractivity contribution < 1.29 is 34.2 Å². The molecule has 1 aromatic rings. The lowest BCUT2D eigenvalue weighted by Gasteiger charge is -2.23. The molecule has 0 aliphatic rings. The Labute approximate surface area is 195 Å². The third-order valence-corrected chi connectivity index (χ3v) is 4.96. The molecular formula is C20H29N5O7S. The summed E-state index contributed by atoms with van der Waals surface area (Å²) < 4.78 is 0. The molecule has 9 N–H and O–H groups in total. The van der Waals surface area contributed by atoms with Gasteiger partial charge in [0.1, 0.15) is 23.9 Å². The van der Waals surface area contributed by atoms with Crippen LogP contribution in [0.15, 0.2) is 24.3 Å². The van der Waals surface area contributed by atoms with E-state index < -0.39 is 53.8 Å². The van der Waals surface area contributed by atoms with Crippen molar-refractivity contribution in [3.8, 4) is 5.75 Å². The number of rotatable bonds is 13. The Bertz CT molecular complexity index is 865.